The number of benzene rings is 1. The molecule has 134 valence electrons. The molecule has 2 aliphatic rings. The number of ether oxygens (including phenoxy) is 1. The van der Waals surface area contributed by atoms with E-state index in [1.165, 1.54) is 7.11 Å². The molecule has 0 radical (unpaired) electrons. The molecule has 0 spiro atoms. The summed E-state index contributed by atoms with van der Waals surface area (Å²) in [7, 11) is 1.29. The van der Waals surface area contributed by atoms with E-state index in [-0.39, 0.29) is 11.6 Å². The standard InChI is InChI=1S/C20H17N5O2/c1-27-19(26)13-4-2-12(3-5-13)17-16-9-25-7-6-14(16)15(8-21)18(24)20(17,10-22)11-23/h2-6,15-17,24-25H,7,9H2,1H3/t15-,16+,17-/m1/s1. The van der Waals surface area contributed by atoms with E-state index in [0.29, 0.717) is 24.2 Å². The average Bonchev–Trinajstić information content (AvgIpc) is 2.72. The largest absolute Gasteiger partial charge is 0.465 e. The Morgan fingerprint density at radius 1 is 1.26 bits per heavy atom. The number of esters is 1. The van der Waals surface area contributed by atoms with Crippen molar-refractivity contribution < 1.29 is 9.53 Å². The van der Waals surface area contributed by atoms with Crippen molar-refractivity contribution in [2.45, 2.75) is 5.92 Å². The van der Waals surface area contributed by atoms with Gasteiger partial charge >= 0.3 is 5.97 Å². The van der Waals surface area contributed by atoms with Crippen molar-refractivity contribution in [3.63, 3.8) is 0 Å². The highest BCUT2D eigenvalue weighted by Crippen LogP contribution is 2.52. The van der Waals surface area contributed by atoms with Gasteiger partial charge in [0.15, 0.2) is 5.41 Å². The topological polar surface area (TPSA) is 134 Å². The van der Waals surface area contributed by atoms with Gasteiger partial charge in [0.1, 0.15) is 5.92 Å². The highest BCUT2D eigenvalue weighted by molar-refractivity contribution is 6.01. The third-order valence-corrected chi connectivity index (χ3v) is 5.36. The zero-order chi connectivity index (χ0) is 19.6. The number of hydrogen-bond donors (Lipinski definition) is 2. The molecule has 0 aromatic heterocycles. The molecule has 7 nitrogen and oxygen atoms in total. The molecule has 0 saturated heterocycles. The van der Waals surface area contributed by atoms with Crippen LogP contribution in [0.5, 0.6) is 0 Å². The quantitative estimate of drug-likeness (QED) is 0.612. The lowest BCUT2D eigenvalue weighted by Crippen LogP contribution is -2.52. The van der Waals surface area contributed by atoms with Gasteiger partial charge in [0, 0.05) is 24.9 Å². The van der Waals surface area contributed by atoms with E-state index in [1.54, 1.807) is 24.3 Å². The van der Waals surface area contributed by atoms with Crippen molar-refractivity contribution >= 4 is 11.7 Å². The Hall–Kier alpha value is -3.47. The van der Waals surface area contributed by atoms with E-state index in [4.69, 9.17) is 10.1 Å². The first kappa shape index (κ1) is 18.3. The van der Waals surface area contributed by atoms with Crippen LogP contribution in [0, 0.1) is 56.7 Å². The summed E-state index contributed by atoms with van der Waals surface area (Å²) in [5.41, 5.74) is -0.106. The Kier molecular flexibility index (Phi) is 4.77. The number of carbonyl (C=O) groups excluding carboxylic acids is 1. The Balaban J connectivity index is 2.17. The molecular formula is C20H17N5O2. The van der Waals surface area contributed by atoms with Gasteiger partial charge in [-0.15, -0.1) is 0 Å². The molecule has 1 aromatic rings. The molecule has 1 heterocycles. The monoisotopic (exact) mass is 359 g/mol. The van der Waals surface area contributed by atoms with Crippen molar-refractivity contribution in [2.24, 2.45) is 17.3 Å². The molecule has 7 heteroatoms. The van der Waals surface area contributed by atoms with Crippen molar-refractivity contribution in [1.29, 1.82) is 21.2 Å². The highest BCUT2D eigenvalue weighted by atomic mass is 16.5. The summed E-state index contributed by atoms with van der Waals surface area (Å²) in [6.45, 7) is 1.09. The Morgan fingerprint density at radius 2 is 1.93 bits per heavy atom. The summed E-state index contributed by atoms with van der Waals surface area (Å²) in [5.74, 6) is -2.23. The first-order valence-corrected chi connectivity index (χ1v) is 8.44. The van der Waals surface area contributed by atoms with E-state index in [9.17, 15) is 20.6 Å². The van der Waals surface area contributed by atoms with Crippen molar-refractivity contribution in [2.75, 3.05) is 20.2 Å². The zero-order valence-corrected chi connectivity index (χ0v) is 14.7. The van der Waals surface area contributed by atoms with Crippen LogP contribution in [0.4, 0.5) is 0 Å². The number of hydrogen-bond acceptors (Lipinski definition) is 7. The second-order valence-corrected chi connectivity index (χ2v) is 6.57. The maximum Gasteiger partial charge on any atom is 0.337 e. The molecule has 3 rings (SSSR count). The van der Waals surface area contributed by atoms with Crippen molar-refractivity contribution in [1.82, 2.24) is 5.32 Å². The number of nitriles is 3. The molecule has 0 bridgehead atoms. The molecular weight excluding hydrogens is 342 g/mol. The molecule has 0 unspecified atom stereocenters. The predicted octanol–water partition coefficient (Wildman–Crippen LogP) is 1.91. The van der Waals surface area contributed by atoms with Gasteiger partial charge in [-0.25, -0.2) is 4.79 Å². The van der Waals surface area contributed by atoms with Gasteiger partial charge in [-0.2, -0.15) is 15.8 Å². The molecule has 27 heavy (non-hydrogen) atoms. The number of nitrogens with zero attached hydrogens (tertiary/aromatic N) is 3. The Morgan fingerprint density at radius 3 is 2.48 bits per heavy atom. The molecule has 1 aliphatic heterocycles. The van der Waals surface area contributed by atoms with Crippen molar-refractivity contribution in [3.05, 3.63) is 47.0 Å². The number of carbonyl (C=O) groups is 1. The van der Waals surface area contributed by atoms with Crippen LogP contribution in [0.25, 0.3) is 0 Å². The van der Waals surface area contributed by atoms with Crippen LogP contribution >= 0.6 is 0 Å². The first-order valence-electron chi connectivity index (χ1n) is 8.44. The highest BCUT2D eigenvalue weighted by Gasteiger charge is 2.57. The van der Waals surface area contributed by atoms with E-state index in [2.05, 4.69) is 11.4 Å². The lowest BCUT2D eigenvalue weighted by molar-refractivity contribution is 0.0600. The van der Waals surface area contributed by atoms with Gasteiger partial charge in [0.05, 0.1) is 36.6 Å². The molecule has 0 amide bonds. The minimum atomic E-state index is -1.74. The fourth-order valence-corrected chi connectivity index (χ4v) is 4.05. The number of nitrogens with one attached hydrogen (secondary N) is 2. The van der Waals surface area contributed by atoms with Crippen LogP contribution in [-0.2, 0) is 4.74 Å². The third-order valence-electron chi connectivity index (χ3n) is 5.36. The molecule has 3 atom stereocenters. The van der Waals surface area contributed by atoms with Gasteiger partial charge in [-0.3, -0.25) is 0 Å². The van der Waals surface area contributed by atoms with Crippen LogP contribution in [0.15, 0.2) is 35.9 Å². The SMILES string of the molecule is COC(=O)c1ccc([C@@H]2[C@H]3CNCC=C3[C@@H](C#N)C(=N)C2(C#N)C#N)cc1. The Labute approximate surface area is 157 Å². The van der Waals surface area contributed by atoms with Gasteiger partial charge < -0.3 is 15.5 Å². The summed E-state index contributed by atoms with van der Waals surface area (Å²) < 4.78 is 4.70. The first-order chi connectivity index (χ1) is 13.0. The van der Waals surface area contributed by atoms with Crippen LogP contribution in [0.2, 0.25) is 0 Å². The Bertz CT molecular complexity index is 929. The normalized spacial score (nSPS) is 25.8. The van der Waals surface area contributed by atoms with E-state index in [0.717, 1.165) is 5.57 Å². The van der Waals surface area contributed by atoms with Crippen LogP contribution in [-0.4, -0.2) is 31.9 Å². The fourth-order valence-electron chi connectivity index (χ4n) is 4.05. The van der Waals surface area contributed by atoms with Crippen LogP contribution in [0.1, 0.15) is 21.8 Å². The van der Waals surface area contributed by atoms with E-state index < -0.39 is 23.2 Å². The van der Waals surface area contributed by atoms with Gasteiger partial charge in [-0.05, 0) is 23.3 Å². The summed E-state index contributed by atoms with van der Waals surface area (Å²) in [5, 5.41) is 41.1. The van der Waals surface area contributed by atoms with Gasteiger partial charge in [0.25, 0.3) is 0 Å². The number of fused-ring (bicyclic) bond motifs is 1. The lowest BCUT2D eigenvalue weighted by atomic mass is 9.54. The van der Waals surface area contributed by atoms with E-state index in [1.807, 2.05) is 18.2 Å². The lowest BCUT2D eigenvalue weighted by Gasteiger charge is -2.45. The average molecular weight is 359 g/mol. The molecule has 1 saturated carbocycles. The minimum absolute atomic E-state index is 0.179. The summed E-state index contributed by atoms with van der Waals surface area (Å²) in [6, 6.07) is 12.7. The van der Waals surface area contributed by atoms with Gasteiger partial charge in [0.2, 0.25) is 0 Å². The predicted molar refractivity (Wildman–Crippen MR) is 95.5 cm³/mol. The van der Waals surface area contributed by atoms with Crippen molar-refractivity contribution in [3.8, 4) is 18.2 Å². The molecule has 1 fully saturated rings. The maximum atomic E-state index is 11.7. The maximum absolute atomic E-state index is 11.7. The molecule has 2 N–H and O–H groups in total. The summed E-state index contributed by atoms with van der Waals surface area (Å²) in [6.07, 6.45) is 1.88. The summed E-state index contributed by atoms with van der Waals surface area (Å²) in [4.78, 5) is 11.7. The second-order valence-electron chi connectivity index (χ2n) is 6.57. The third kappa shape index (κ3) is 2.68. The summed E-state index contributed by atoms with van der Waals surface area (Å²) >= 11 is 0. The smallest absolute Gasteiger partial charge is 0.337 e. The number of rotatable bonds is 2. The minimum Gasteiger partial charge on any atom is -0.465 e. The van der Waals surface area contributed by atoms with Gasteiger partial charge in [-0.1, -0.05) is 18.2 Å². The molecule has 1 aromatic carbocycles. The van der Waals surface area contributed by atoms with E-state index >= 15 is 0 Å². The zero-order valence-electron chi connectivity index (χ0n) is 14.7. The number of methoxy groups -OCH3 is 1. The fraction of sp³-hybridized carbons (Fsp3) is 0.350. The molecule has 1 aliphatic carbocycles. The van der Waals surface area contributed by atoms with Crippen LogP contribution in [0.3, 0.4) is 0 Å². The second kappa shape index (κ2) is 7.03. The van der Waals surface area contributed by atoms with Crippen LogP contribution < -0.4 is 5.32 Å².